The lowest BCUT2D eigenvalue weighted by atomic mass is 10.0. The van der Waals surface area contributed by atoms with Crippen LogP contribution in [-0.2, 0) is 65.4 Å². The summed E-state index contributed by atoms with van der Waals surface area (Å²) in [6.45, 7) is 7.16. The van der Waals surface area contributed by atoms with Crippen LogP contribution < -0.4 is 0 Å². The van der Waals surface area contributed by atoms with Crippen molar-refractivity contribution in [1.82, 2.24) is 0 Å². The van der Waals surface area contributed by atoms with Crippen LogP contribution in [0.1, 0.15) is 420 Å². The minimum Gasteiger partial charge on any atom is -0.462 e. The zero-order chi connectivity index (χ0) is 71.9. The zero-order valence-electron chi connectivity index (χ0n) is 63.9. The third kappa shape index (κ3) is 72.4. The number of rotatable bonds is 79. The van der Waals surface area contributed by atoms with Crippen LogP contribution in [0.4, 0.5) is 0 Å². The number of esters is 4. The van der Waals surface area contributed by atoms with Crippen LogP contribution >= 0.6 is 15.6 Å². The average molecular weight is 1440 g/mol. The minimum atomic E-state index is -4.96. The van der Waals surface area contributed by atoms with Crippen molar-refractivity contribution in [3.8, 4) is 0 Å². The Morgan fingerprint density at radius 1 is 0.276 bits per heavy atom. The minimum absolute atomic E-state index is 0.102. The number of phosphoric ester groups is 2. The summed E-state index contributed by atoms with van der Waals surface area (Å²) < 4.78 is 68.4. The van der Waals surface area contributed by atoms with Gasteiger partial charge in [-0.15, -0.1) is 0 Å². The van der Waals surface area contributed by atoms with E-state index in [1.807, 2.05) is 0 Å². The van der Waals surface area contributed by atoms with Gasteiger partial charge in [-0.2, -0.15) is 0 Å². The Hall–Kier alpha value is -1.94. The number of carbonyl (C=O) groups is 4. The van der Waals surface area contributed by atoms with E-state index in [-0.39, 0.29) is 25.7 Å². The van der Waals surface area contributed by atoms with E-state index in [2.05, 4.69) is 34.6 Å². The van der Waals surface area contributed by atoms with Crippen LogP contribution in [0.2, 0.25) is 0 Å². The molecule has 5 atom stereocenters. The highest BCUT2D eigenvalue weighted by Gasteiger charge is 2.30. The van der Waals surface area contributed by atoms with E-state index in [0.29, 0.717) is 31.6 Å². The van der Waals surface area contributed by atoms with Crippen molar-refractivity contribution < 1.29 is 80.2 Å². The Morgan fingerprint density at radius 2 is 0.469 bits per heavy atom. The van der Waals surface area contributed by atoms with Crippen LogP contribution in [0.3, 0.4) is 0 Å². The van der Waals surface area contributed by atoms with Gasteiger partial charge in [0.05, 0.1) is 26.4 Å². The largest absolute Gasteiger partial charge is 0.472 e. The quantitative estimate of drug-likeness (QED) is 0.0222. The number of ether oxygens (including phenoxy) is 4. The Kier molecular flexibility index (Phi) is 70.6. The highest BCUT2D eigenvalue weighted by Crippen LogP contribution is 2.45. The van der Waals surface area contributed by atoms with Crippen molar-refractivity contribution in [3.63, 3.8) is 0 Å². The van der Waals surface area contributed by atoms with E-state index in [1.54, 1.807) is 0 Å². The lowest BCUT2D eigenvalue weighted by Gasteiger charge is -2.21. The van der Waals surface area contributed by atoms with E-state index in [0.717, 1.165) is 103 Å². The van der Waals surface area contributed by atoms with Gasteiger partial charge in [0.2, 0.25) is 0 Å². The summed E-state index contributed by atoms with van der Waals surface area (Å²) in [6.07, 6.45) is 63.2. The van der Waals surface area contributed by atoms with Gasteiger partial charge in [-0.3, -0.25) is 37.3 Å². The predicted molar refractivity (Wildman–Crippen MR) is 400 cm³/mol. The average Bonchev–Trinajstić information content (AvgIpc) is 0.985. The fraction of sp³-hybridized carbons (Fsp3) is 0.949. The molecule has 0 bridgehead atoms. The number of unbranched alkanes of at least 4 members (excludes halogenated alkanes) is 51. The van der Waals surface area contributed by atoms with Crippen molar-refractivity contribution in [2.45, 2.75) is 438 Å². The second kappa shape index (κ2) is 72.0. The molecule has 19 heteroatoms. The normalized spacial score (nSPS) is 13.9. The summed E-state index contributed by atoms with van der Waals surface area (Å²) in [6, 6.07) is 0. The van der Waals surface area contributed by atoms with Crippen molar-refractivity contribution in [3.05, 3.63) is 0 Å². The number of hydrogen-bond donors (Lipinski definition) is 3. The molecule has 0 aromatic rings. The van der Waals surface area contributed by atoms with Gasteiger partial charge in [-0.1, -0.05) is 369 Å². The molecule has 0 amide bonds. The van der Waals surface area contributed by atoms with Gasteiger partial charge in [0, 0.05) is 25.7 Å². The first-order valence-corrected chi connectivity index (χ1v) is 44.1. The summed E-state index contributed by atoms with van der Waals surface area (Å²) in [5, 5.41) is 10.6. The van der Waals surface area contributed by atoms with Gasteiger partial charge in [0.15, 0.2) is 12.2 Å². The number of aliphatic hydroxyl groups excluding tert-OH is 1. The molecule has 17 nitrogen and oxygen atoms in total. The molecule has 0 saturated heterocycles. The number of phosphoric acid groups is 2. The maximum atomic E-state index is 13.1. The molecular weight excluding hydrogens is 1280 g/mol. The number of hydrogen-bond acceptors (Lipinski definition) is 15. The van der Waals surface area contributed by atoms with Gasteiger partial charge < -0.3 is 33.8 Å². The molecule has 0 saturated carbocycles. The van der Waals surface area contributed by atoms with Crippen LogP contribution in [0, 0.1) is 5.92 Å². The predicted octanol–water partition coefficient (Wildman–Crippen LogP) is 23.6. The molecule has 0 spiro atoms. The van der Waals surface area contributed by atoms with E-state index in [4.69, 9.17) is 37.0 Å². The Bertz CT molecular complexity index is 1870. The second-order valence-corrected chi connectivity index (χ2v) is 31.8. The van der Waals surface area contributed by atoms with Crippen molar-refractivity contribution >= 4 is 39.5 Å². The Balaban J connectivity index is 5.11. The van der Waals surface area contributed by atoms with E-state index in [9.17, 15) is 43.2 Å². The molecule has 582 valence electrons. The van der Waals surface area contributed by atoms with Crippen molar-refractivity contribution in [1.29, 1.82) is 0 Å². The van der Waals surface area contributed by atoms with E-state index < -0.39 is 97.5 Å². The molecule has 0 radical (unpaired) electrons. The molecule has 0 aliphatic carbocycles. The van der Waals surface area contributed by atoms with Gasteiger partial charge >= 0.3 is 39.5 Å². The number of carbonyl (C=O) groups excluding carboxylic acids is 4. The smallest absolute Gasteiger partial charge is 0.462 e. The van der Waals surface area contributed by atoms with Crippen LogP contribution in [-0.4, -0.2) is 96.7 Å². The Morgan fingerprint density at radius 3 is 0.694 bits per heavy atom. The van der Waals surface area contributed by atoms with Crippen LogP contribution in [0.15, 0.2) is 0 Å². The molecule has 98 heavy (non-hydrogen) atoms. The third-order valence-electron chi connectivity index (χ3n) is 18.5. The molecule has 0 heterocycles. The van der Waals surface area contributed by atoms with Crippen LogP contribution in [0.25, 0.3) is 0 Å². The summed E-state index contributed by atoms with van der Waals surface area (Å²) in [5.74, 6) is -1.45. The summed E-state index contributed by atoms with van der Waals surface area (Å²) in [7, 11) is -9.90. The first-order chi connectivity index (χ1) is 47.5. The number of aliphatic hydroxyl groups is 1. The highest BCUT2D eigenvalue weighted by atomic mass is 31.2. The fourth-order valence-electron chi connectivity index (χ4n) is 12.2. The summed E-state index contributed by atoms with van der Waals surface area (Å²) in [5.41, 5.74) is 0. The molecule has 0 aliphatic rings. The van der Waals surface area contributed by atoms with E-state index >= 15 is 0 Å². The second-order valence-electron chi connectivity index (χ2n) is 28.9. The molecule has 2 unspecified atom stereocenters. The van der Waals surface area contributed by atoms with E-state index in [1.165, 1.54) is 231 Å². The fourth-order valence-corrected chi connectivity index (χ4v) is 13.8. The molecule has 0 aromatic carbocycles. The van der Waals surface area contributed by atoms with Gasteiger partial charge in [-0.05, 0) is 31.6 Å². The van der Waals surface area contributed by atoms with Crippen molar-refractivity contribution in [2.24, 2.45) is 5.92 Å². The van der Waals surface area contributed by atoms with Gasteiger partial charge in [0.25, 0.3) is 0 Å². The maximum Gasteiger partial charge on any atom is 0.472 e. The van der Waals surface area contributed by atoms with Gasteiger partial charge in [-0.25, -0.2) is 9.13 Å². The molecular formula is C79H154O17P2. The summed E-state index contributed by atoms with van der Waals surface area (Å²) >= 11 is 0. The Labute approximate surface area is 600 Å². The first kappa shape index (κ1) is 96.1. The molecule has 3 N–H and O–H groups in total. The molecule has 0 aromatic heterocycles. The van der Waals surface area contributed by atoms with Crippen molar-refractivity contribution in [2.75, 3.05) is 39.6 Å². The highest BCUT2D eigenvalue weighted by molar-refractivity contribution is 7.47. The third-order valence-corrected chi connectivity index (χ3v) is 20.4. The molecule has 0 fully saturated rings. The SMILES string of the molecule is CCCCCCCCCCCCCCCCCCCCCCCC(=O)OC[C@H](COP(=O)(O)OC[C@@H](O)COP(=O)(O)OC[C@@H](COC(=O)CCCCCCCCC)OC(=O)CCCCCCCCC(C)C)OC(=O)CCCCCCCCCCCCCCCCCCCCCCC. The zero-order valence-corrected chi connectivity index (χ0v) is 65.7. The standard InChI is InChI=1S/C79H154O17P2/c1-6-9-12-15-18-20-22-24-26-28-30-32-34-36-38-40-42-44-47-53-58-63-77(82)90-69-74(95-78(83)64-59-54-48-45-43-41-39-37-35-33-31-29-27-25-23-21-19-16-13-10-7-2)70-93-97(85,86)91-66-73(80)67-92-98(87,88)94-71-75(68-89-76(81)62-57-52-46-17-14-11-8-3)96-79(84)65-60-55-50-49-51-56-61-72(4)5/h72-75,80H,6-71H2,1-5H3,(H,85,86)(H,87,88)/t73-,74-,75-/m1/s1. The summed E-state index contributed by atoms with van der Waals surface area (Å²) in [4.78, 5) is 72.6. The molecule has 0 aliphatic heterocycles. The topological polar surface area (TPSA) is 237 Å². The molecule has 0 rings (SSSR count). The van der Waals surface area contributed by atoms with Gasteiger partial charge in [0.1, 0.15) is 19.3 Å². The maximum absolute atomic E-state index is 13.1. The first-order valence-electron chi connectivity index (χ1n) is 41.1. The van der Waals surface area contributed by atoms with Crippen LogP contribution in [0.5, 0.6) is 0 Å². The lowest BCUT2D eigenvalue weighted by Crippen LogP contribution is -2.30. The lowest BCUT2D eigenvalue weighted by molar-refractivity contribution is -0.161. The monoisotopic (exact) mass is 1440 g/mol.